The fourth-order valence-corrected chi connectivity index (χ4v) is 4.17. The van der Waals surface area contributed by atoms with Crippen molar-refractivity contribution in [1.82, 2.24) is 29.0 Å². The zero-order chi connectivity index (χ0) is 23.9. The molecule has 14 nitrogen and oxygen atoms in total. The SMILES string of the molecule is Nc1cccc(F)c1C(=O)NS(=O)(=O)NC[C@H]1O[C@@H](n2cnc3c(N)ncnc32)[C@H](O)[C@@H]1O. The number of nitrogen functional groups attached to an aromatic ring is 2. The molecule has 1 aliphatic rings. The molecule has 2 aromatic heterocycles. The number of carbonyl (C=O) groups is 1. The number of fused-ring (bicyclic) bond motifs is 1. The van der Waals surface area contributed by atoms with E-state index in [9.17, 15) is 27.8 Å². The number of aromatic nitrogens is 4. The Morgan fingerprint density at radius 1 is 1.21 bits per heavy atom. The highest BCUT2D eigenvalue weighted by atomic mass is 32.2. The number of aliphatic hydroxyl groups excluding tert-OH is 2. The Kier molecular flexibility index (Phi) is 5.85. The number of halogens is 1. The number of benzene rings is 1. The second kappa shape index (κ2) is 8.49. The van der Waals surface area contributed by atoms with Crippen LogP contribution >= 0.6 is 0 Å². The Balaban J connectivity index is 1.45. The lowest BCUT2D eigenvalue weighted by molar-refractivity contribution is -0.0330. The summed E-state index contributed by atoms with van der Waals surface area (Å²) < 4.78 is 48.9. The van der Waals surface area contributed by atoms with Crippen LogP contribution in [0.3, 0.4) is 0 Å². The molecule has 0 unspecified atom stereocenters. The quantitative estimate of drug-likeness (QED) is 0.211. The fraction of sp³-hybridized carbons (Fsp3) is 0.294. The summed E-state index contributed by atoms with van der Waals surface area (Å²) >= 11 is 0. The van der Waals surface area contributed by atoms with Crippen molar-refractivity contribution in [2.45, 2.75) is 24.5 Å². The summed E-state index contributed by atoms with van der Waals surface area (Å²) in [6.07, 6.45) is -2.90. The number of amides is 1. The van der Waals surface area contributed by atoms with Crippen molar-refractivity contribution >= 4 is 38.8 Å². The Hall–Kier alpha value is -3.44. The molecule has 1 fully saturated rings. The van der Waals surface area contributed by atoms with Crippen LogP contribution in [0, 0.1) is 5.82 Å². The smallest absolute Gasteiger partial charge is 0.301 e. The van der Waals surface area contributed by atoms with E-state index >= 15 is 0 Å². The van der Waals surface area contributed by atoms with Gasteiger partial charge in [0.25, 0.3) is 5.91 Å². The molecule has 1 saturated heterocycles. The Bertz CT molecular complexity index is 1300. The average Bonchev–Trinajstić information content (AvgIpc) is 3.29. The normalized spacial score (nSPS) is 23.1. The van der Waals surface area contributed by atoms with Gasteiger partial charge in [-0.2, -0.15) is 13.1 Å². The summed E-state index contributed by atoms with van der Waals surface area (Å²) in [7, 11) is -4.50. The Labute approximate surface area is 185 Å². The van der Waals surface area contributed by atoms with Crippen LogP contribution in [0.25, 0.3) is 11.2 Å². The average molecular weight is 482 g/mol. The van der Waals surface area contributed by atoms with E-state index in [4.69, 9.17) is 16.2 Å². The third-order valence-corrected chi connectivity index (χ3v) is 5.97. The van der Waals surface area contributed by atoms with E-state index in [0.29, 0.717) is 0 Å². The number of aliphatic hydroxyl groups is 2. The first-order valence-corrected chi connectivity index (χ1v) is 10.9. The number of nitrogens with two attached hydrogens (primary N) is 2. The number of rotatable bonds is 6. The van der Waals surface area contributed by atoms with Gasteiger partial charge in [0, 0.05) is 12.2 Å². The third kappa shape index (κ3) is 4.29. The van der Waals surface area contributed by atoms with Gasteiger partial charge in [-0.15, -0.1) is 0 Å². The number of nitrogens with zero attached hydrogens (tertiary/aromatic N) is 4. The van der Waals surface area contributed by atoms with Gasteiger partial charge in [0.05, 0.1) is 11.9 Å². The van der Waals surface area contributed by atoms with E-state index in [1.54, 1.807) is 4.72 Å². The molecule has 4 rings (SSSR count). The lowest BCUT2D eigenvalue weighted by Crippen LogP contribution is -2.46. The molecule has 1 aliphatic heterocycles. The molecular formula is C17H19FN8O6S. The molecule has 8 N–H and O–H groups in total. The van der Waals surface area contributed by atoms with Crippen molar-refractivity contribution < 1.29 is 32.6 Å². The molecule has 1 aromatic carbocycles. The van der Waals surface area contributed by atoms with E-state index in [1.165, 1.54) is 29.4 Å². The number of ether oxygens (including phenoxy) is 1. The maximum absolute atomic E-state index is 13.9. The van der Waals surface area contributed by atoms with Crippen LogP contribution in [0.2, 0.25) is 0 Å². The zero-order valence-corrected chi connectivity index (χ0v) is 17.5. The van der Waals surface area contributed by atoms with Gasteiger partial charge in [-0.05, 0) is 12.1 Å². The number of hydrogen-bond donors (Lipinski definition) is 6. The van der Waals surface area contributed by atoms with Gasteiger partial charge in [-0.3, -0.25) is 9.36 Å². The second-order valence-corrected chi connectivity index (χ2v) is 8.62. The lowest BCUT2D eigenvalue weighted by Gasteiger charge is -2.16. The molecule has 1 amide bonds. The van der Waals surface area contributed by atoms with Gasteiger partial charge in [-0.1, -0.05) is 6.07 Å². The summed E-state index contributed by atoms with van der Waals surface area (Å²) in [4.78, 5) is 24.1. The maximum atomic E-state index is 13.9. The number of hydrogen-bond acceptors (Lipinski definition) is 11. The molecule has 0 spiro atoms. The zero-order valence-electron chi connectivity index (χ0n) is 16.7. The van der Waals surface area contributed by atoms with Crippen LogP contribution in [0.4, 0.5) is 15.9 Å². The molecule has 0 aliphatic carbocycles. The first kappa shape index (κ1) is 22.7. The van der Waals surface area contributed by atoms with Crippen LogP contribution in [0.1, 0.15) is 16.6 Å². The molecule has 33 heavy (non-hydrogen) atoms. The van der Waals surface area contributed by atoms with E-state index in [1.807, 2.05) is 4.72 Å². The molecule has 16 heteroatoms. The number of anilines is 2. The van der Waals surface area contributed by atoms with Crippen molar-refractivity contribution in [2.24, 2.45) is 0 Å². The van der Waals surface area contributed by atoms with Gasteiger partial charge < -0.3 is 26.4 Å². The summed E-state index contributed by atoms with van der Waals surface area (Å²) in [5, 5.41) is 20.7. The minimum atomic E-state index is -4.50. The van der Waals surface area contributed by atoms with Crippen molar-refractivity contribution in [3.8, 4) is 0 Å². The van der Waals surface area contributed by atoms with E-state index in [0.717, 1.165) is 6.07 Å². The van der Waals surface area contributed by atoms with Gasteiger partial charge in [0.1, 0.15) is 36.0 Å². The monoisotopic (exact) mass is 482 g/mol. The van der Waals surface area contributed by atoms with E-state index in [2.05, 4.69) is 15.0 Å². The van der Waals surface area contributed by atoms with Crippen molar-refractivity contribution in [3.63, 3.8) is 0 Å². The highest BCUT2D eigenvalue weighted by Crippen LogP contribution is 2.31. The largest absolute Gasteiger partial charge is 0.398 e. The fourth-order valence-electron chi connectivity index (χ4n) is 3.37. The van der Waals surface area contributed by atoms with Crippen molar-refractivity contribution in [2.75, 3.05) is 18.0 Å². The molecule has 4 atom stereocenters. The van der Waals surface area contributed by atoms with Gasteiger partial charge in [0.15, 0.2) is 17.7 Å². The molecule has 3 heterocycles. The van der Waals surface area contributed by atoms with Crippen LogP contribution < -0.4 is 20.9 Å². The summed E-state index contributed by atoms with van der Waals surface area (Å²) in [6.45, 7) is -0.534. The topological polar surface area (TPSA) is 221 Å². The molecule has 0 saturated carbocycles. The Morgan fingerprint density at radius 3 is 2.70 bits per heavy atom. The van der Waals surface area contributed by atoms with E-state index < -0.39 is 58.6 Å². The van der Waals surface area contributed by atoms with Gasteiger partial charge in [0.2, 0.25) is 0 Å². The molecular weight excluding hydrogens is 463 g/mol. The minimum absolute atomic E-state index is 0.0994. The molecule has 176 valence electrons. The highest BCUT2D eigenvalue weighted by molar-refractivity contribution is 7.88. The predicted molar refractivity (Wildman–Crippen MR) is 111 cm³/mol. The van der Waals surface area contributed by atoms with Crippen LogP contribution in [-0.2, 0) is 14.9 Å². The first-order chi connectivity index (χ1) is 15.6. The number of imidazole rings is 1. The maximum Gasteiger partial charge on any atom is 0.301 e. The number of nitrogens with one attached hydrogen (secondary N) is 2. The van der Waals surface area contributed by atoms with Crippen LogP contribution in [0.5, 0.6) is 0 Å². The van der Waals surface area contributed by atoms with Crippen molar-refractivity contribution in [1.29, 1.82) is 0 Å². The summed E-state index contributed by atoms with van der Waals surface area (Å²) in [5.41, 5.74) is 10.9. The van der Waals surface area contributed by atoms with E-state index in [-0.39, 0.29) is 22.7 Å². The summed E-state index contributed by atoms with van der Waals surface area (Å²) in [6, 6.07) is 3.45. The first-order valence-electron chi connectivity index (χ1n) is 9.39. The predicted octanol–water partition coefficient (Wildman–Crippen LogP) is -1.99. The lowest BCUT2D eigenvalue weighted by atomic mass is 10.1. The van der Waals surface area contributed by atoms with Crippen LogP contribution in [0.15, 0.2) is 30.9 Å². The molecule has 3 aromatic rings. The molecule has 0 bridgehead atoms. The summed E-state index contributed by atoms with van der Waals surface area (Å²) in [5.74, 6) is -2.19. The Morgan fingerprint density at radius 2 is 1.97 bits per heavy atom. The standard InChI is InChI=1S/C17H19FN8O6S/c18-7-2-1-3-8(19)10(7)16(29)25-33(30,31)24-4-9-12(27)13(28)17(32-9)26-6-23-11-14(20)21-5-22-15(11)26/h1-3,5-6,9,12-13,17,24,27-28H,4,19H2,(H,25,29)(H2,20,21,22)/t9-,12-,13-,17-/m1/s1. The van der Waals surface area contributed by atoms with Crippen molar-refractivity contribution in [3.05, 3.63) is 42.2 Å². The van der Waals surface area contributed by atoms with Crippen LogP contribution in [-0.4, -0.2) is 68.9 Å². The van der Waals surface area contributed by atoms with Gasteiger partial charge in [-0.25, -0.2) is 24.1 Å². The molecule has 0 radical (unpaired) electrons. The van der Waals surface area contributed by atoms with Gasteiger partial charge >= 0.3 is 10.2 Å². The highest BCUT2D eigenvalue weighted by Gasteiger charge is 2.44. The second-order valence-electron chi connectivity index (χ2n) is 7.12. The third-order valence-electron chi connectivity index (χ3n) is 4.97. The number of carbonyl (C=O) groups excluding carboxylic acids is 1. The minimum Gasteiger partial charge on any atom is -0.398 e.